The molecule has 0 radical (unpaired) electrons. The van der Waals surface area contributed by atoms with E-state index in [1.165, 1.54) is 4.88 Å². The summed E-state index contributed by atoms with van der Waals surface area (Å²) in [7, 11) is 0. The molecular formula is C27H31N5O2S. The highest BCUT2D eigenvalue weighted by Crippen LogP contribution is 2.39. The summed E-state index contributed by atoms with van der Waals surface area (Å²) in [5, 5.41) is 9.80. The lowest BCUT2D eigenvalue weighted by Gasteiger charge is -2.21. The maximum absolute atomic E-state index is 12.8. The number of thiophene rings is 1. The number of hydrogen-bond acceptors (Lipinski definition) is 7. The van der Waals surface area contributed by atoms with Crippen molar-refractivity contribution < 1.29 is 9.53 Å². The second kappa shape index (κ2) is 9.76. The maximum atomic E-state index is 12.8. The van der Waals surface area contributed by atoms with Crippen LogP contribution >= 0.6 is 11.3 Å². The molecule has 35 heavy (non-hydrogen) atoms. The Balaban J connectivity index is 1.84. The van der Waals surface area contributed by atoms with Gasteiger partial charge < -0.3 is 10.5 Å². The molecule has 0 fully saturated rings. The Morgan fingerprint density at radius 2 is 1.89 bits per heavy atom. The van der Waals surface area contributed by atoms with Crippen LogP contribution in [0.4, 0.5) is 0 Å². The molecule has 0 bridgehead atoms. The molecule has 2 aromatic heterocycles. The molecule has 0 saturated carbocycles. The zero-order valence-corrected chi connectivity index (χ0v) is 21.9. The van der Waals surface area contributed by atoms with Crippen LogP contribution in [0.2, 0.25) is 0 Å². The predicted octanol–water partition coefficient (Wildman–Crippen LogP) is 4.58. The number of aromatic nitrogens is 3. The van der Waals surface area contributed by atoms with E-state index in [2.05, 4.69) is 35.9 Å². The number of nitrogens with two attached hydrogens (primary N) is 1. The van der Waals surface area contributed by atoms with E-state index >= 15 is 0 Å². The molecule has 4 rings (SSSR count). The SMILES string of the molecule is Cc1sc2c(c1C)C(c1ccc(C#CCCN)cc1)=N[C@@H](CC(=O)OC(C)(C)C)c1nnc(C)n1-2. The molecule has 7 nitrogen and oxygen atoms in total. The Labute approximate surface area is 210 Å². The van der Waals surface area contributed by atoms with Gasteiger partial charge in [-0.25, -0.2) is 0 Å². The van der Waals surface area contributed by atoms with Gasteiger partial charge in [0.05, 0.1) is 12.1 Å². The molecule has 0 saturated heterocycles. The Bertz CT molecular complexity index is 1350. The lowest BCUT2D eigenvalue weighted by Crippen LogP contribution is -2.25. The van der Waals surface area contributed by atoms with Crippen LogP contribution in [0, 0.1) is 32.6 Å². The number of aliphatic imine (C=N–C) groups is 1. The van der Waals surface area contributed by atoms with Crippen LogP contribution in [0.25, 0.3) is 5.00 Å². The minimum absolute atomic E-state index is 0.0779. The minimum atomic E-state index is -0.578. The third-order valence-corrected chi connectivity index (χ3v) is 6.87. The first-order chi connectivity index (χ1) is 16.6. The van der Waals surface area contributed by atoms with Gasteiger partial charge in [0.15, 0.2) is 5.82 Å². The van der Waals surface area contributed by atoms with Crippen LogP contribution in [0.15, 0.2) is 29.3 Å². The van der Waals surface area contributed by atoms with E-state index in [-0.39, 0.29) is 12.4 Å². The van der Waals surface area contributed by atoms with Crippen molar-refractivity contribution in [3.05, 3.63) is 63.0 Å². The first kappa shape index (κ1) is 24.8. The zero-order chi connectivity index (χ0) is 25.3. The monoisotopic (exact) mass is 489 g/mol. The van der Waals surface area contributed by atoms with Gasteiger partial charge in [0, 0.05) is 34.5 Å². The summed E-state index contributed by atoms with van der Waals surface area (Å²) in [5.74, 6) is 7.31. The second-order valence-corrected chi connectivity index (χ2v) is 10.8. The average Bonchev–Trinajstić information content (AvgIpc) is 3.25. The van der Waals surface area contributed by atoms with Crippen molar-refractivity contribution >= 4 is 23.0 Å². The van der Waals surface area contributed by atoms with Gasteiger partial charge in [0.25, 0.3) is 0 Å². The smallest absolute Gasteiger partial charge is 0.308 e. The molecule has 1 aliphatic heterocycles. The standard InChI is InChI=1S/C27H31N5O2S/c1-16-17(2)35-26-23(16)24(20-12-10-19(11-13-20)9-7-8-14-28)29-21(15-22(33)34-27(4,5)6)25-31-30-18(3)32(25)26/h10-13,21H,8,14-15,28H2,1-6H3/t21-/m0/s1. The minimum Gasteiger partial charge on any atom is -0.460 e. The average molecular weight is 490 g/mol. The van der Waals surface area contributed by atoms with Crippen LogP contribution in [0.3, 0.4) is 0 Å². The number of aryl methyl sites for hydroxylation is 2. The number of fused-ring (bicyclic) bond motifs is 3. The van der Waals surface area contributed by atoms with Crippen molar-refractivity contribution in [3.8, 4) is 16.8 Å². The number of carbonyl (C=O) groups excluding carboxylic acids is 1. The van der Waals surface area contributed by atoms with Crippen molar-refractivity contribution in [2.24, 2.45) is 10.7 Å². The van der Waals surface area contributed by atoms with Crippen LogP contribution in [-0.4, -0.2) is 38.6 Å². The molecule has 3 heterocycles. The van der Waals surface area contributed by atoms with E-state index in [9.17, 15) is 4.79 Å². The highest BCUT2D eigenvalue weighted by Gasteiger charge is 2.33. The molecule has 1 aliphatic rings. The van der Waals surface area contributed by atoms with Gasteiger partial charge in [-0.1, -0.05) is 24.0 Å². The zero-order valence-electron chi connectivity index (χ0n) is 21.1. The van der Waals surface area contributed by atoms with Gasteiger partial charge in [0.1, 0.15) is 22.5 Å². The lowest BCUT2D eigenvalue weighted by molar-refractivity contribution is -0.155. The Hall–Kier alpha value is -3.28. The van der Waals surface area contributed by atoms with E-state index in [0.717, 1.165) is 38.8 Å². The van der Waals surface area contributed by atoms with E-state index in [4.69, 9.17) is 15.5 Å². The Morgan fingerprint density at radius 3 is 2.54 bits per heavy atom. The number of benzene rings is 1. The molecule has 2 N–H and O–H groups in total. The van der Waals surface area contributed by atoms with Crippen molar-refractivity contribution in [2.45, 2.75) is 66.0 Å². The quantitative estimate of drug-likeness (QED) is 0.428. The van der Waals surface area contributed by atoms with Gasteiger partial charge in [-0.2, -0.15) is 0 Å². The topological polar surface area (TPSA) is 95.4 Å². The van der Waals surface area contributed by atoms with Gasteiger partial charge in [-0.3, -0.25) is 14.4 Å². The molecule has 0 unspecified atom stereocenters. The Morgan fingerprint density at radius 1 is 1.17 bits per heavy atom. The third kappa shape index (κ3) is 5.21. The molecule has 3 aromatic rings. The summed E-state index contributed by atoms with van der Waals surface area (Å²) in [6, 6.07) is 7.53. The molecule has 182 valence electrons. The first-order valence-corrected chi connectivity index (χ1v) is 12.5. The summed E-state index contributed by atoms with van der Waals surface area (Å²) >= 11 is 1.69. The van der Waals surface area contributed by atoms with E-state index in [1.807, 2.05) is 56.5 Å². The summed E-state index contributed by atoms with van der Waals surface area (Å²) in [5.41, 5.74) is 9.90. The largest absolute Gasteiger partial charge is 0.460 e. The predicted molar refractivity (Wildman–Crippen MR) is 139 cm³/mol. The van der Waals surface area contributed by atoms with Crippen LogP contribution in [0.1, 0.15) is 78.4 Å². The number of carbonyl (C=O) groups is 1. The highest BCUT2D eigenvalue weighted by molar-refractivity contribution is 7.15. The summed E-state index contributed by atoms with van der Waals surface area (Å²) < 4.78 is 7.66. The van der Waals surface area contributed by atoms with Crippen LogP contribution in [-0.2, 0) is 9.53 Å². The molecular weight excluding hydrogens is 458 g/mol. The van der Waals surface area contributed by atoms with Crippen molar-refractivity contribution in [2.75, 3.05) is 6.54 Å². The number of hydrogen-bond donors (Lipinski definition) is 1. The number of rotatable bonds is 4. The number of esters is 1. The molecule has 1 aromatic carbocycles. The lowest BCUT2D eigenvalue weighted by atomic mass is 9.98. The summed E-state index contributed by atoms with van der Waals surface area (Å²) in [6.45, 7) is 12.3. The third-order valence-electron chi connectivity index (χ3n) is 5.68. The molecule has 0 amide bonds. The van der Waals surface area contributed by atoms with Gasteiger partial charge in [0.2, 0.25) is 0 Å². The van der Waals surface area contributed by atoms with Gasteiger partial charge in [-0.05, 0) is 59.2 Å². The fraction of sp³-hybridized carbons (Fsp3) is 0.407. The fourth-order valence-corrected chi connectivity index (χ4v) is 5.23. The van der Waals surface area contributed by atoms with E-state index < -0.39 is 11.6 Å². The number of nitrogens with zero attached hydrogens (tertiary/aromatic N) is 4. The van der Waals surface area contributed by atoms with E-state index in [0.29, 0.717) is 18.8 Å². The normalized spacial score (nSPS) is 14.8. The maximum Gasteiger partial charge on any atom is 0.308 e. The van der Waals surface area contributed by atoms with Gasteiger partial charge in [-0.15, -0.1) is 21.5 Å². The van der Waals surface area contributed by atoms with Crippen molar-refractivity contribution in [3.63, 3.8) is 0 Å². The second-order valence-electron chi connectivity index (χ2n) is 9.61. The number of ether oxygens (including phenoxy) is 1. The molecule has 1 atom stereocenters. The van der Waals surface area contributed by atoms with Crippen molar-refractivity contribution in [1.82, 2.24) is 14.8 Å². The molecule has 8 heteroatoms. The summed E-state index contributed by atoms with van der Waals surface area (Å²) in [4.78, 5) is 19.2. The van der Waals surface area contributed by atoms with Gasteiger partial charge >= 0.3 is 5.97 Å². The van der Waals surface area contributed by atoms with Crippen LogP contribution in [0.5, 0.6) is 0 Å². The van der Waals surface area contributed by atoms with E-state index in [1.54, 1.807) is 11.3 Å². The Kier molecular flexibility index (Phi) is 6.93. The highest BCUT2D eigenvalue weighted by atomic mass is 32.1. The molecule has 0 aliphatic carbocycles. The summed E-state index contributed by atoms with van der Waals surface area (Å²) in [6.07, 6.45) is 0.741. The fourth-order valence-electron chi connectivity index (χ4n) is 4.01. The molecule has 0 spiro atoms. The first-order valence-electron chi connectivity index (χ1n) is 11.7. The van der Waals surface area contributed by atoms with Crippen molar-refractivity contribution in [1.29, 1.82) is 0 Å². The van der Waals surface area contributed by atoms with Crippen LogP contribution < -0.4 is 5.73 Å².